The summed E-state index contributed by atoms with van der Waals surface area (Å²) in [6, 6.07) is 33.0. The molecule has 52 heavy (non-hydrogen) atoms. The molecule has 256 valence electrons. The van der Waals surface area contributed by atoms with E-state index in [9.17, 15) is 0 Å². The second-order valence-electron chi connectivity index (χ2n) is 15.5. The van der Waals surface area contributed by atoms with Gasteiger partial charge in [-0.05, 0) is 129 Å². The van der Waals surface area contributed by atoms with Crippen LogP contribution in [0, 0.1) is 11.8 Å². The Hall–Kier alpha value is -5.14. The number of hydrogen-bond donors (Lipinski definition) is 0. The normalized spacial score (nSPS) is 24.7. The molecule has 4 aromatic carbocycles. The fourth-order valence-corrected chi connectivity index (χ4v) is 10.3. The van der Waals surface area contributed by atoms with Crippen LogP contribution in [0.5, 0.6) is 0 Å². The number of fused-ring (bicyclic) bond motifs is 5. The highest BCUT2D eigenvalue weighted by atomic mass is 15.2. The van der Waals surface area contributed by atoms with Gasteiger partial charge in [0.25, 0.3) is 0 Å². The topological polar surface area (TPSA) is 3.24 Å². The van der Waals surface area contributed by atoms with Crippen molar-refractivity contribution in [3.8, 4) is 0 Å². The third-order valence-corrected chi connectivity index (χ3v) is 12.8. The Kier molecular flexibility index (Phi) is 7.97. The third-order valence-electron chi connectivity index (χ3n) is 12.8. The average molecular weight is 674 g/mol. The lowest BCUT2D eigenvalue weighted by atomic mass is 9.79. The van der Waals surface area contributed by atoms with E-state index in [1.807, 2.05) is 0 Å². The van der Waals surface area contributed by atoms with Crippen LogP contribution in [0.4, 0.5) is 0 Å². The summed E-state index contributed by atoms with van der Waals surface area (Å²) in [5.74, 6) is 1.63. The van der Waals surface area contributed by atoms with Crippen molar-refractivity contribution >= 4 is 33.1 Å². The molecule has 6 aliphatic rings. The SMILES string of the molecule is CCC1CC=CC1c1cccc(C2=CCC3C(=C2)N(C2=CC=CCC2)C2CC(c4ccc(C5=CCCC=C5)c5ccccc45)=c4ccccc4=C32)c1. The molecule has 5 aliphatic carbocycles. The summed E-state index contributed by atoms with van der Waals surface area (Å²) in [5, 5.41) is 5.58. The fourth-order valence-electron chi connectivity index (χ4n) is 10.3. The molecule has 0 N–H and O–H groups in total. The van der Waals surface area contributed by atoms with Crippen molar-refractivity contribution < 1.29 is 0 Å². The van der Waals surface area contributed by atoms with Gasteiger partial charge in [-0.25, -0.2) is 0 Å². The summed E-state index contributed by atoms with van der Waals surface area (Å²) in [4.78, 5) is 2.79. The molecule has 0 bridgehead atoms. The van der Waals surface area contributed by atoms with Crippen molar-refractivity contribution in [3.05, 3.63) is 190 Å². The van der Waals surface area contributed by atoms with Crippen LogP contribution in [0.25, 0.3) is 33.1 Å². The average Bonchev–Trinajstić information content (AvgIpc) is 3.83. The largest absolute Gasteiger partial charge is 0.341 e. The lowest BCUT2D eigenvalue weighted by Gasteiger charge is -2.34. The molecule has 0 radical (unpaired) electrons. The predicted octanol–water partition coefficient (Wildman–Crippen LogP) is 11.3. The van der Waals surface area contributed by atoms with E-state index in [1.165, 1.54) is 84.4 Å². The summed E-state index contributed by atoms with van der Waals surface area (Å²) in [6.07, 6.45) is 32.9. The van der Waals surface area contributed by atoms with E-state index in [2.05, 4.69) is 158 Å². The molecule has 1 heteroatoms. The van der Waals surface area contributed by atoms with Gasteiger partial charge in [0.05, 0.1) is 6.04 Å². The molecule has 1 nitrogen and oxygen atoms in total. The smallest absolute Gasteiger partial charge is 0.0601 e. The Labute approximate surface area is 308 Å². The molecular weight excluding hydrogens is 627 g/mol. The van der Waals surface area contributed by atoms with E-state index in [-0.39, 0.29) is 0 Å². The summed E-state index contributed by atoms with van der Waals surface area (Å²) >= 11 is 0. The highest BCUT2D eigenvalue weighted by Crippen LogP contribution is 2.51. The molecule has 4 unspecified atom stereocenters. The minimum absolute atomic E-state index is 0.300. The van der Waals surface area contributed by atoms with Crippen LogP contribution in [0.15, 0.2) is 157 Å². The minimum Gasteiger partial charge on any atom is -0.341 e. The second-order valence-corrected chi connectivity index (χ2v) is 15.5. The molecule has 0 aromatic heterocycles. The van der Waals surface area contributed by atoms with E-state index >= 15 is 0 Å². The predicted molar refractivity (Wildman–Crippen MR) is 219 cm³/mol. The molecular formula is C51H47N. The first-order valence-corrected chi connectivity index (χ1v) is 19.8. The van der Waals surface area contributed by atoms with E-state index < -0.39 is 0 Å². The van der Waals surface area contributed by atoms with Crippen LogP contribution in [0.3, 0.4) is 0 Å². The standard InChI is InChI=1S/C51H47N/c1-2-34-17-14-26-40(34)38-19-13-18-36(31-38)37-27-28-47-49(32-37)52(39-20-7-4-8-21-39)50-33-48(44-24-11-12-25-46(44)51(47)50)45-30-29-41(35-15-5-3-6-16-35)42-22-9-10-23-43(42)45/h4-5,7,9-16,18-20,22-27,29-32,34,40,47,50H,2-3,6,8,17,21,28,33H2,1H3. The minimum atomic E-state index is 0.300. The fraction of sp³-hybridized carbons (Fsp3) is 0.255. The van der Waals surface area contributed by atoms with Gasteiger partial charge in [0.1, 0.15) is 0 Å². The maximum Gasteiger partial charge on any atom is 0.0601 e. The van der Waals surface area contributed by atoms with Crippen LogP contribution < -0.4 is 10.4 Å². The first kappa shape index (κ1) is 31.6. The van der Waals surface area contributed by atoms with Crippen LogP contribution >= 0.6 is 0 Å². The molecule has 1 aliphatic heterocycles. The van der Waals surface area contributed by atoms with Gasteiger partial charge < -0.3 is 4.90 Å². The summed E-state index contributed by atoms with van der Waals surface area (Å²) < 4.78 is 0. The van der Waals surface area contributed by atoms with Crippen molar-refractivity contribution in [1.29, 1.82) is 0 Å². The highest BCUT2D eigenvalue weighted by molar-refractivity contribution is 6.02. The number of benzene rings is 4. The molecule has 0 saturated carbocycles. The summed E-state index contributed by atoms with van der Waals surface area (Å²) in [7, 11) is 0. The van der Waals surface area contributed by atoms with Crippen molar-refractivity contribution in [2.75, 3.05) is 0 Å². The molecule has 4 atom stereocenters. The van der Waals surface area contributed by atoms with Crippen LogP contribution in [0.2, 0.25) is 0 Å². The van der Waals surface area contributed by atoms with Crippen molar-refractivity contribution in [2.24, 2.45) is 11.8 Å². The molecule has 4 aromatic rings. The molecule has 1 saturated heterocycles. The van der Waals surface area contributed by atoms with Crippen molar-refractivity contribution in [2.45, 2.75) is 70.3 Å². The molecule has 1 fully saturated rings. The molecule has 0 amide bonds. The Morgan fingerprint density at radius 3 is 2.40 bits per heavy atom. The Balaban J connectivity index is 1.12. The van der Waals surface area contributed by atoms with Crippen LogP contribution in [-0.4, -0.2) is 10.9 Å². The zero-order valence-corrected chi connectivity index (χ0v) is 30.3. The number of nitrogens with zero attached hydrogens (tertiary/aromatic N) is 1. The van der Waals surface area contributed by atoms with E-state index in [4.69, 9.17) is 0 Å². The van der Waals surface area contributed by atoms with Crippen LogP contribution in [-0.2, 0) is 0 Å². The number of likely N-dealkylation sites (tertiary alicyclic amines) is 1. The lowest BCUT2D eigenvalue weighted by Crippen LogP contribution is -2.41. The monoisotopic (exact) mass is 673 g/mol. The first-order valence-electron chi connectivity index (χ1n) is 19.8. The molecule has 0 spiro atoms. The van der Waals surface area contributed by atoms with Gasteiger partial charge in [-0.2, -0.15) is 0 Å². The van der Waals surface area contributed by atoms with Gasteiger partial charge in [-0.1, -0.05) is 147 Å². The van der Waals surface area contributed by atoms with E-state index in [0.717, 1.165) is 44.4 Å². The highest BCUT2D eigenvalue weighted by Gasteiger charge is 2.45. The van der Waals surface area contributed by atoms with Gasteiger partial charge in [0, 0.05) is 23.2 Å². The quantitative estimate of drug-likeness (QED) is 0.184. The van der Waals surface area contributed by atoms with Crippen LogP contribution in [0.1, 0.15) is 86.5 Å². The number of rotatable bonds is 6. The van der Waals surface area contributed by atoms with Gasteiger partial charge in [0.2, 0.25) is 0 Å². The maximum atomic E-state index is 2.79. The van der Waals surface area contributed by atoms with Crippen molar-refractivity contribution in [3.63, 3.8) is 0 Å². The summed E-state index contributed by atoms with van der Waals surface area (Å²) in [6.45, 7) is 2.34. The Morgan fingerprint density at radius 2 is 1.58 bits per heavy atom. The number of hydrogen-bond acceptors (Lipinski definition) is 1. The first-order chi connectivity index (χ1) is 25.8. The van der Waals surface area contributed by atoms with E-state index in [1.54, 1.807) is 5.57 Å². The molecule has 10 rings (SSSR count). The maximum absolute atomic E-state index is 2.79. The van der Waals surface area contributed by atoms with Gasteiger partial charge in [0.15, 0.2) is 0 Å². The molecule has 1 heterocycles. The van der Waals surface area contributed by atoms with Gasteiger partial charge >= 0.3 is 0 Å². The van der Waals surface area contributed by atoms with Crippen molar-refractivity contribution in [1.82, 2.24) is 4.90 Å². The third kappa shape index (κ3) is 5.20. The lowest BCUT2D eigenvalue weighted by molar-refractivity contribution is 0.381. The van der Waals surface area contributed by atoms with E-state index in [0.29, 0.717) is 17.9 Å². The zero-order valence-electron chi connectivity index (χ0n) is 30.3. The number of allylic oxidation sites excluding steroid dienone is 14. The second kappa shape index (κ2) is 13.1. The summed E-state index contributed by atoms with van der Waals surface area (Å²) in [5.41, 5.74) is 14.3. The van der Waals surface area contributed by atoms with Gasteiger partial charge in [-0.15, -0.1) is 0 Å². The zero-order chi connectivity index (χ0) is 34.6. The van der Waals surface area contributed by atoms with Gasteiger partial charge in [-0.3, -0.25) is 0 Å². The Morgan fingerprint density at radius 1 is 0.731 bits per heavy atom. The Bertz CT molecular complexity index is 2460.